The van der Waals surface area contributed by atoms with Gasteiger partial charge in [0.25, 0.3) is 5.91 Å². The van der Waals surface area contributed by atoms with E-state index in [1.54, 1.807) is 6.07 Å². The van der Waals surface area contributed by atoms with E-state index < -0.39 is 6.10 Å². The molecule has 5 rings (SSSR count). The van der Waals surface area contributed by atoms with Crippen LogP contribution in [0.4, 0.5) is 5.69 Å². The number of ether oxygens (including phenoxy) is 2. The second-order valence-electron chi connectivity index (χ2n) is 9.93. The predicted molar refractivity (Wildman–Crippen MR) is 155 cm³/mol. The molecule has 0 saturated carbocycles. The first-order chi connectivity index (χ1) is 19.5. The molecule has 3 aliphatic heterocycles. The van der Waals surface area contributed by atoms with Gasteiger partial charge in [0, 0.05) is 38.2 Å². The summed E-state index contributed by atoms with van der Waals surface area (Å²) in [6.07, 6.45) is 5.44. The fraction of sp³-hybridized carbons (Fsp3) is 0.414. The molecule has 212 valence electrons. The third kappa shape index (κ3) is 7.15. The Bertz CT molecular complexity index is 1290. The molecule has 10 nitrogen and oxygen atoms in total. The molecule has 1 saturated heterocycles. The zero-order valence-corrected chi connectivity index (χ0v) is 23.0. The Labute approximate surface area is 237 Å². The third-order valence-corrected chi connectivity index (χ3v) is 7.93. The van der Waals surface area contributed by atoms with Crippen LogP contribution >= 0.6 is 11.8 Å². The molecule has 0 bridgehead atoms. The van der Waals surface area contributed by atoms with Crippen molar-refractivity contribution < 1.29 is 29.3 Å². The number of piperidine rings is 1. The van der Waals surface area contributed by atoms with Crippen LogP contribution in [0.15, 0.2) is 46.3 Å². The summed E-state index contributed by atoms with van der Waals surface area (Å²) in [6, 6.07) is 10.7. The lowest BCUT2D eigenvalue weighted by atomic mass is 10.0. The molecule has 2 aromatic carbocycles. The summed E-state index contributed by atoms with van der Waals surface area (Å²) >= 11 is 1.45. The van der Waals surface area contributed by atoms with Gasteiger partial charge >= 0.3 is 0 Å². The molecule has 0 aromatic heterocycles. The molecule has 2 aromatic rings. The Balaban J connectivity index is 1.00. The number of aliphatic hydroxyl groups excluding tert-OH is 1. The van der Waals surface area contributed by atoms with Crippen LogP contribution in [0, 0.1) is 0 Å². The largest absolute Gasteiger partial charge is 0.506 e. The van der Waals surface area contributed by atoms with Crippen molar-refractivity contribution in [2.24, 2.45) is 4.99 Å². The van der Waals surface area contributed by atoms with Crippen LogP contribution in [0.5, 0.6) is 17.2 Å². The molecule has 40 heavy (non-hydrogen) atoms. The highest BCUT2D eigenvalue weighted by atomic mass is 32.2. The number of fused-ring (bicyclic) bond motifs is 1. The van der Waals surface area contributed by atoms with Crippen LogP contribution in [0.2, 0.25) is 0 Å². The lowest BCUT2D eigenvalue weighted by Gasteiger charge is -2.27. The molecule has 1 atom stereocenters. The van der Waals surface area contributed by atoms with Crippen molar-refractivity contribution in [2.45, 2.75) is 38.2 Å². The number of carbonyl (C=O) groups excluding carboxylic acids is 2. The van der Waals surface area contributed by atoms with E-state index in [4.69, 9.17) is 9.47 Å². The number of amides is 2. The van der Waals surface area contributed by atoms with Crippen molar-refractivity contribution in [1.29, 1.82) is 0 Å². The van der Waals surface area contributed by atoms with E-state index in [2.05, 4.69) is 20.5 Å². The number of nitrogens with one attached hydrogen (secondary N) is 2. The summed E-state index contributed by atoms with van der Waals surface area (Å²) in [4.78, 5) is 31.1. The molecule has 4 N–H and O–H groups in total. The number of likely N-dealkylation sites (tertiary alicyclic amines) is 1. The van der Waals surface area contributed by atoms with Crippen molar-refractivity contribution in [3.8, 4) is 17.2 Å². The number of phenols is 1. The summed E-state index contributed by atoms with van der Waals surface area (Å²) in [7, 11) is 0. The number of carbonyl (C=O) groups is 2. The number of aromatic hydroxyl groups is 1. The molecule has 0 spiro atoms. The summed E-state index contributed by atoms with van der Waals surface area (Å²) in [5, 5.41) is 26.9. The number of thioether (sulfide) groups is 1. The van der Waals surface area contributed by atoms with Gasteiger partial charge in [-0.25, -0.2) is 0 Å². The van der Waals surface area contributed by atoms with Crippen LogP contribution in [-0.4, -0.2) is 77.6 Å². The van der Waals surface area contributed by atoms with E-state index in [0.29, 0.717) is 54.6 Å². The van der Waals surface area contributed by atoms with E-state index in [9.17, 15) is 19.8 Å². The first kappa shape index (κ1) is 28.0. The van der Waals surface area contributed by atoms with Crippen LogP contribution in [0.25, 0.3) is 6.08 Å². The highest BCUT2D eigenvalue weighted by Crippen LogP contribution is 2.38. The summed E-state index contributed by atoms with van der Waals surface area (Å²) in [5.74, 6) is 0.938. The van der Waals surface area contributed by atoms with Crippen molar-refractivity contribution in [1.82, 2.24) is 10.2 Å². The molecule has 2 amide bonds. The monoisotopic (exact) mass is 566 g/mol. The number of anilines is 1. The summed E-state index contributed by atoms with van der Waals surface area (Å²) in [5.41, 5.74) is 2.03. The van der Waals surface area contributed by atoms with Gasteiger partial charge < -0.3 is 35.2 Å². The van der Waals surface area contributed by atoms with Gasteiger partial charge in [-0.15, -0.1) is 0 Å². The molecule has 0 radical (unpaired) electrons. The molecule has 11 heteroatoms. The molecule has 3 aliphatic rings. The topological polar surface area (TPSA) is 133 Å². The molecular formula is C29H34N4O6S. The maximum atomic E-state index is 12.4. The predicted octanol–water partition coefficient (Wildman–Crippen LogP) is 3.14. The van der Waals surface area contributed by atoms with E-state index in [1.807, 2.05) is 30.3 Å². The Morgan fingerprint density at radius 2 is 1.88 bits per heavy atom. The highest BCUT2D eigenvalue weighted by Gasteiger charge is 2.27. The normalized spacial score (nSPS) is 18.8. The SMILES string of the molecule is O=C1CCc2c(OC[C@H](O)CNCCOc3ccc(C=C4SC(N5CCCCC5)=NC4=O)cc3)ccc(O)c2N1. The van der Waals surface area contributed by atoms with E-state index >= 15 is 0 Å². The molecule has 1 fully saturated rings. The minimum Gasteiger partial charge on any atom is -0.506 e. The van der Waals surface area contributed by atoms with Gasteiger partial charge in [-0.2, -0.15) is 4.99 Å². The zero-order valence-electron chi connectivity index (χ0n) is 22.2. The maximum absolute atomic E-state index is 12.4. The molecule has 3 heterocycles. The Morgan fingerprint density at radius 1 is 1.07 bits per heavy atom. The van der Waals surface area contributed by atoms with Crippen LogP contribution in [-0.2, 0) is 16.0 Å². The van der Waals surface area contributed by atoms with Crippen LogP contribution in [0.1, 0.15) is 36.8 Å². The van der Waals surface area contributed by atoms with Crippen LogP contribution < -0.4 is 20.1 Å². The Morgan fingerprint density at radius 3 is 2.67 bits per heavy atom. The van der Waals surface area contributed by atoms with E-state index in [0.717, 1.165) is 42.2 Å². The second-order valence-corrected chi connectivity index (χ2v) is 10.9. The number of benzene rings is 2. The number of amidine groups is 1. The van der Waals surface area contributed by atoms with Crippen molar-refractivity contribution >= 4 is 40.5 Å². The quantitative estimate of drug-likeness (QED) is 0.195. The van der Waals surface area contributed by atoms with Gasteiger partial charge in [-0.05, 0) is 73.4 Å². The fourth-order valence-corrected chi connectivity index (χ4v) is 5.73. The van der Waals surface area contributed by atoms with E-state index in [-0.39, 0.29) is 24.2 Å². The molecular weight excluding hydrogens is 532 g/mol. The lowest BCUT2D eigenvalue weighted by molar-refractivity contribution is -0.116. The van der Waals surface area contributed by atoms with Gasteiger partial charge in [0.15, 0.2) is 5.17 Å². The second kappa shape index (κ2) is 13.2. The summed E-state index contributed by atoms with van der Waals surface area (Å²) in [6.45, 7) is 3.26. The maximum Gasteiger partial charge on any atom is 0.286 e. The lowest BCUT2D eigenvalue weighted by Crippen LogP contribution is -2.33. The number of nitrogens with zero attached hydrogens (tertiary/aromatic N) is 2. The molecule has 0 aliphatic carbocycles. The number of phenolic OH excluding ortho intramolecular Hbond substituents is 1. The van der Waals surface area contributed by atoms with Crippen molar-refractivity contribution in [3.05, 3.63) is 52.4 Å². The Kier molecular flexibility index (Phi) is 9.25. The first-order valence-electron chi connectivity index (χ1n) is 13.6. The number of hydrogen-bond acceptors (Lipinski definition) is 9. The highest BCUT2D eigenvalue weighted by molar-refractivity contribution is 8.18. The summed E-state index contributed by atoms with van der Waals surface area (Å²) < 4.78 is 11.6. The standard InChI is InChI=1S/C29H34N4O6S/c34-20(18-39-24-10-9-23(35)27-22(24)8-11-26(36)31-27)17-30-12-15-38-21-6-4-19(5-7-21)16-25-28(37)32-29(40-25)33-13-2-1-3-14-33/h4-7,9-10,16,20,30,34-35H,1-3,8,11-15,17-18H2,(H,31,36)/t20-/m1/s1. The number of hydrogen-bond donors (Lipinski definition) is 4. The fourth-order valence-electron chi connectivity index (χ4n) is 4.76. The van der Waals surface area contributed by atoms with Crippen LogP contribution in [0.3, 0.4) is 0 Å². The van der Waals surface area contributed by atoms with E-state index in [1.165, 1.54) is 24.2 Å². The van der Waals surface area contributed by atoms with Gasteiger partial charge in [0.2, 0.25) is 5.91 Å². The van der Waals surface area contributed by atoms with Crippen molar-refractivity contribution in [2.75, 3.05) is 44.7 Å². The molecule has 0 unspecified atom stereocenters. The average molecular weight is 567 g/mol. The van der Waals surface area contributed by atoms with Crippen molar-refractivity contribution in [3.63, 3.8) is 0 Å². The number of rotatable bonds is 10. The third-order valence-electron chi connectivity index (χ3n) is 6.89. The first-order valence-corrected chi connectivity index (χ1v) is 14.4. The smallest absolute Gasteiger partial charge is 0.286 e. The number of aliphatic imine (C=N–C) groups is 1. The minimum absolute atomic E-state index is 0.00335. The zero-order chi connectivity index (χ0) is 27.9. The van der Waals surface area contributed by atoms with Gasteiger partial charge in [-0.3, -0.25) is 9.59 Å². The minimum atomic E-state index is -0.745. The number of aliphatic hydroxyl groups is 1. The van der Waals surface area contributed by atoms with Gasteiger partial charge in [-0.1, -0.05) is 12.1 Å². The average Bonchev–Trinajstić information content (AvgIpc) is 3.34. The Hall–Kier alpha value is -3.54. The van der Waals surface area contributed by atoms with Gasteiger partial charge in [0.1, 0.15) is 36.6 Å². The van der Waals surface area contributed by atoms with Gasteiger partial charge in [0.05, 0.1) is 10.6 Å².